The third-order valence-corrected chi connectivity index (χ3v) is 7.03. The van der Waals surface area contributed by atoms with E-state index in [4.69, 9.17) is 18.6 Å². The van der Waals surface area contributed by atoms with Gasteiger partial charge in [0.2, 0.25) is 12.6 Å². The topological polar surface area (TPSA) is 121 Å². The lowest BCUT2D eigenvalue weighted by Gasteiger charge is -2.12. The molecule has 0 atom stereocenters. The van der Waals surface area contributed by atoms with Gasteiger partial charge in [-0.2, -0.15) is 0 Å². The summed E-state index contributed by atoms with van der Waals surface area (Å²) in [5, 5.41) is 2.63. The molecule has 11 heteroatoms. The molecule has 2 aromatic carbocycles. The molecular weight excluding hydrogens is 542 g/mol. The number of ether oxygens (including phenoxy) is 4. The molecule has 1 N–H and O–H groups in total. The zero-order valence-corrected chi connectivity index (χ0v) is 23.1. The van der Waals surface area contributed by atoms with Crippen LogP contribution in [-0.4, -0.2) is 41.3 Å². The van der Waals surface area contributed by atoms with Crippen LogP contribution in [0.25, 0.3) is 11.8 Å². The Hall–Kier alpha value is -5.45. The van der Waals surface area contributed by atoms with E-state index in [1.165, 1.54) is 19.2 Å². The summed E-state index contributed by atoms with van der Waals surface area (Å²) in [6.45, 7) is 4.41. The van der Waals surface area contributed by atoms with E-state index in [2.05, 4.69) is 14.6 Å². The van der Waals surface area contributed by atoms with E-state index in [0.717, 1.165) is 44.6 Å². The molecular formula is C31H27N3O8. The highest BCUT2D eigenvalue weighted by molar-refractivity contribution is 6.14. The molecule has 3 amide bonds. The molecule has 42 heavy (non-hydrogen) atoms. The highest BCUT2D eigenvalue weighted by atomic mass is 16.7. The minimum absolute atomic E-state index is 0.00736. The first kappa shape index (κ1) is 26.8. The number of urea groups is 1. The van der Waals surface area contributed by atoms with Crippen molar-refractivity contribution in [2.24, 2.45) is 0 Å². The number of carbonyl (C=O) groups is 3. The third-order valence-electron chi connectivity index (χ3n) is 7.03. The van der Waals surface area contributed by atoms with Crippen molar-refractivity contribution >= 4 is 24.0 Å². The summed E-state index contributed by atoms with van der Waals surface area (Å²) in [7, 11) is 1.24. The second kappa shape index (κ2) is 10.8. The van der Waals surface area contributed by atoms with Crippen LogP contribution in [0.2, 0.25) is 0 Å². The zero-order chi connectivity index (χ0) is 29.4. The summed E-state index contributed by atoms with van der Waals surface area (Å²) in [5.74, 6) is 1.30. The van der Waals surface area contributed by atoms with E-state index in [-0.39, 0.29) is 30.6 Å². The molecule has 0 bridgehead atoms. The molecule has 0 spiro atoms. The lowest BCUT2D eigenvalue weighted by Crippen LogP contribution is -2.30. The van der Waals surface area contributed by atoms with E-state index in [0.29, 0.717) is 12.4 Å². The number of esters is 1. The Bertz CT molecular complexity index is 1730. The number of nitrogens with one attached hydrogen (secondary N) is 1. The number of carbonyl (C=O) groups excluding carboxylic acids is 3. The van der Waals surface area contributed by atoms with Crippen LogP contribution in [-0.2, 0) is 22.7 Å². The van der Waals surface area contributed by atoms with Gasteiger partial charge >= 0.3 is 12.0 Å². The van der Waals surface area contributed by atoms with Gasteiger partial charge in [0.05, 0.1) is 13.7 Å². The molecule has 1 saturated heterocycles. The maximum Gasteiger partial charge on any atom is 0.373 e. The number of furan rings is 1. The second-order valence-corrected chi connectivity index (χ2v) is 9.77. The van der Waals surface area contributed by atoms with Crippen molar-refractivity contribution in [1.82, 2.24) is 14.8 Å². The second-order valence-electron chi connectivity index (χ2n) is 9.77. The molecule has 214 valence electrons. The van der Waals surface area contributed by atoms with Gasteiger partial charge in [-0.1, -0.05) is 6.07 Å². The van der Waals surface area contributed by atoms with Crippen molar-refractivity contribution < 1.29 is 37.7 Å². The Labute approximate surface area is 240 Å². The lowest BCUT2D eigenvalue weighted by atomic mass is 10.2. The molecule has 2 aliphatic heterocycles. The Kier molecular flexibility index (Phi) is 6.91. The van der Waals surface area contributed by atoms with E-state index in [9.17, 15) is 14.4 Å². The highest BCUT2D eigenvalue weighted by Crippen LogP contribution is 2.33. The van der Waals surface area contributed by atoms with E-state index in [1.807, 2.05) is 62.4 Å². The summed E-state index contributed by atoms with van der Waals surface area (Å²) in [6.07, 6.45) is 1.66. The highest BCUT2D eigenvalue weighted by Gasteiger charge is 2.34. The largest absolute Gasteiger partial charge is 0.489 e. The zero-order valence-electron chi connectivity index (χ0n) is 23.1. The normalized spacial score (nSPS) is 14.9. The number of methoxy groups -OCH3 is 1. The number of aromatic nitrogens is 1. The van der Waals surface area contributed by atoms with Crippen molar-refractivity contribution in [3.05, 3.63) is 100 Å². The van der Waals surface area contributed by atoms with Crippen molar-refractivity contribution in [2.45, 2.75) is 27.0 Å². The van der Waals surface area contributed by atoms with Gasteiger partial charge in [-0.25, -0.2) is 9.59 Å². The van der Waals surface area contributed by atoms with Crippen molar-refractivity contribution in [2.75, 3.05) is 13.9 Å². The summed E-state index contributed by atoms with van der Waals surface area (Å²) in [6, 6.07) is 17.8. The predicted octanol–water partition coefficient (Wildman–Crippen LogP) is 4.87. The lowest BCUT2D eigenvalue weighted by molar-refractivity contribution is -0.123. The average Bonchev–Trinajstić information content (AvgIpc) is 3.77. The summed E-state index contributed by atoms with van der Waals surface area (Å²) < 4.78 is 28.8. The molecule has 11 nitrogen and oxygen atoms in total. The number of amides is 3. The van der Waals surface area contributed by atoms with Crippen LogP contribution in [0.15, 0.2) is 70.8 Å². The number of nitrogens with zero attached hydrogens (tertiary/aromatic N) is 2. The summed E-state index contributed by atoms with van der Waals surface area (Å²) in [5.41, 5.74) is 4.67. The molecule has 6 rings (SSSR count). The fraction of sp³-hybridized carbons (Fsp3) is 0.194. The molecule has 4 heterocycles. The molecule has 2 aromatic heterocycles. The van der Waals surface area contributed by atoms with Crippen LogP contribution < -0.4 is 19.5 Å². The van der Waals surface area contributed by atoms with Crippen LogP contribution in [0.5, 0.6) is 17.2 Å². The number of imide groups is 1. The van der Waals surface area contributed by atoms with Crippen LogP contribution in [0.4, 0.5) is 4.79 Å². The number of fused-ring (bicyclic) bond motifs is 1. The van der Waals surface area contributed by atoms with Crippen LogP contribution in [0.3, 0.4) is 0 Å². The molecule has 0 unspecified atom stereocenters. The molecule has 0 saturated carbocycles. The van der Waals surface area contributed by atoms with Gasteiger partial charge in [0.1, 0.15) is 23.8 Å². The van der Waals surface area contributed by atoms with Gasteiger partial charge in [-0.3, -0.25) is 9.69 Å². The summed E-state index contributed by atoms with van der Waals surface area (Å²) in [4.78, 5) is 38.3. The van der Waals surface area contributed by atoms with Crippen LogP contribution in [0.1, 0.15) is 38.8 Å². The minimum atomic E-state index is -0.641. The maximum absolute atomic E-state index is 13.1. The molecule has 0 radical (unpaired) electrons. The molecule has 2 aliphatic rings. The van der Waals surface area contributed by atoms with E-state index < -0.39 is 17.9 Å². The average molecular weight is 570 g/mol. The van der Waals surface area contributed by atoms with Gasteiger partial charge in [0.15, 0.2) is 11.5 Å². The molecule has 4 aromatic rings. The van der Waals surface area contributed by atoms with Gasteiger partial charge in [-0.05, 0) is 85.6 Å². The monoisotopic (exact) mass is 569 g/mol. The summed E-state index contributed by atoms with van der Waals surface area (Å²) >= 11 is 0. The number of hydrogen-bond acceptors (Lipinski definition) is 8. The Balaban J connectivity index is 1.14. The first-order valence-corrected chi connectivity index (χ1v) is 13.1. The first-order valence-electron chi connectivity index (χ1n) is 13.1. The Morgan fingerprint density at radius 3 is 2.57 bits per heavy atom. The quantitative estimate of drug-likeness (QED) is 0.181. The van der Waals surface area contributed by atoms with Gasteiger partial charge in [0.25, 0.3) is 5.91 Å². The molecule has 1 fully saturated rings. The SMILES string of the molecule is COC(=O)c1ccc(CN2C(=O)N/C(=C\c3cc(C)n(-c4ccc(OCc5ccc6c(c5)OCO6)cc4)c3C)C2=O)o1. The van der Waals surface area contributed by atoms with Crippen molar-refractivity contribution in [1.29, 1.82) is 0 Å². The Morgan fingerprint density at radius 2 is 1.79 bits per heavy atom. The standard InChI is InChI=1S/C31H27N3O8/c1-18-12-21(14-25-29(35)33(31(37)32-25)15-24-9-11-27(42-24)30(36)38-3)19(2)34(18)22-5-7-23(8-6-22)39-16-20-4-10-26-28(13-20)41-17-40-26/h4-14H,15-17H2,1-3H3,(H,32,37)/b25-14-. The van der Waals surface area contributed by atoms with Crippen molar-refractivity contribution in [3.63, 3.8) is 0 Å². The number of benzene rings is 2. The van der Waals surface area contributed by atoms with Gasteiger partial charge < -0.3 is 33.2 Å². The number of aryl methyl sites for hydroxylation is 1. The van der Waals surface area contributed by atoms with Crippen LogP contribution >= 0.6 is 0 Å². The minimum Gasteiger partial charge on any atom is -0.489 e. The molecule has 0 aliphatic carbocycles. The van der Waals surface area contributed by atoms with Crippen LogP contribution in [0, 0.1) is 13.8 Å². The van der Waals surface area contributed by atoms with Gasteiger partial charge in [-0.15, -0.1) is 0 Å². The predicted molar refractivity (Wildman–Crippen MR) is 149 cm³/mol. The third kappa shape index (κ3) is 5.07. The van der Waals surface area contributed by atoms with E-state index >= 15 is 0 Å². The maximum atomic E-state index is 13.1. The van der Waals surface area contributed by atoms with E-state index in [1.54, 1.807) is 6.08 Å². The van der Waals surface area contributed by atoms with Gasteiger partial charge in [0, 0.05) is 17.1 Å². The fourth-order valence-electron chi connectivity index (χ4n) is 4.92. The number of hydrogen-bond donors (Lipinski definition) is 1. The fourth-order valence-corrected chi connectivity index (χ4v) is 4.92. The Morgan fingerprint density at radius 1 is 1.00 bits per heavy atom. The number of rotatable bonds is 8. The first-order chi connectivity index (χ1) is 20.3. The smallest absolute Gasteiger partial charge is 0.373 e. The van der Waals surface area contributed by atoms with Crippen molar-refractivity contribution in [3.8, 4) is 22.9 Å².